The Kier molecular flexibility index (Phi) is 8.88. The molecular weight excluding hydrogens is 532 g/mol. The van der Waals surface area contributed by atoms with Gasteiger partial charge in [0.05, 0.1) is 12.6 Å². The number of carbonyl (C=O) groups excluding carboxylic acids is 4. The van der Waals surface area contributed by atoms with Crippen LogP contribution in [0, 0.1) is 0 Å². The van der Waals surface area contributed by atoms with Crippen molar-refractivity contribution >= 4 is 46.1 Å². The van der Waals surface area contributed by atoms with Crippen LogP contribution in [0.25, 0.3) is 0 Å². The summed E-state index contributed by atoms with van der Waals surface area (Å²) in [7, 11) is 0. The van der Waals surface area contributed by atoms with Crippen LogP contribution in [0.15, 0.2) is 23.2 Å². The molecule has 2 aromatic heterocycles. The van der Waals surface area contributed by atoms with Crippen molar-refractivity contribution in [3.63, 3.8) is 0 Å². The zero-order valence-electron chi connectivity index (χ0n) is 22.7. The highest BCUT2D eigenvalue weighted by Gasteiger charge is 2.41. The molecule has 212 valence electrons. The second-order valence-electron chi connectivity index (χ2n) is 10.6. The minimum atomic E-state index is -1.16. The van der Waals surface area contributed by atoms with E-state index in [-0.39, 0.29) is 23.1 Å². The van der Waals surface area contributed by atoms with Gasteiger partial charge < -0.3 is 24.9 Å². The maximum atomic E-state index is 13.3. The van der Waals surface area contributed by atoms with E-state index in [0.29, 0.717) is 0 Å². The molecule has 1 unspecified atom stereocenters. The molecule has 0 radical (unpaired) electrons. The van der Waals surface area contributed by atoms with Crippen LogP contribution in [-0.4, -0.2) is 78.7 Å². The van der Waals surface area contributed by atoms with Crippen molar-refractivity contribution in [2.75, 3.05) is 5.32 Å². The number of amides is 3. The molecule has 1 saturated heterocycles. The van der Waals surface area contributed by atoms with Crippen molar-refractivity contribution in [1.29, 1.82) is 0 Å². The van der Waals surface area contributed by atoms with Crippen LogP contribution in [0.3, 0.4) is 0 Å². The number of anilines is 1. The molecule has 0 bridgehead atoms. The highest BCUT2D eigenvalue weighted by molar-refractivity contribution is 7.14. The summed E-state index contributed by atoms with van der Waals surface area (Å²) in [6.07, 6.45) is 0.948. The van der Waals surface area contributed by atoms with E-state index < -0.39 is 53.3 Å². The zero-order valence-corrected chi connectivity index (χ0v) is 23.5. The van der Waals surface area contributed by atoms with Gasteiger partial charge in [-0.1, -0.05) is 5.16 Å². The van der Waals surface area contributed by atoms with Gasteiger partial charge in [0.1, 0.15) is 35.6 Å². The van der Waals surface area contributed by atoms with Gasteiger partial charge in [0.2, 0.25) is 12.0 Å². The average Bonchev–Trinajstić information content (AvgIpc) is 3.47. The lowest BCUT2D eigenvalue weighted by Gasteiger charge is -2.36. The minimum Gasteiger partial charge on any atom is -0.457 e. The van der Waals surface area contributed by atoms with Crippen LogP contribution in [0.2, 0.25) is 0 Å². The Hall–Kier alpha value is -4.08. The van der Waals surface area contributed by atoms with Gasteiger partial charge >= 0.3 is 12.1 Å². The normalized spacial score (nSPS) is 18.3. The van der Waals surface area contributed by atoms with E-state index in [0.717, 1.165) is 11.3 Å². The molecule has 0 saturated carbocycles. The van der Waals surface area contributed by atoms with Crippen molar-refractivity contribution in [2.45, 2.75) is 84.4 Å². The number of hydrogen-bond donors (Lipinski definition) is 3. The Bertz CT molecular complexity index is 1230. The Balaban J connectivity index is 1.78. The summed E-state index contributed by atoms with van der Waals surface area (Å²) < 4.78 is 12.0. The van der Waals surface area contributed by atoms with Crippen molar-refractivity contribution in [3.8, 4) is 0 Å². The van der Waals surface area contributed by atoms with E-state index in [2.05, 4.69) is 36.2 Å². The maximum absolute atomic E-state index is 13.3. The SMILES string of the molecule is CC(O/N=C(\C(=O)N[C@@H]1C(=O)N[C@@H]1Cn1cncn1)c1csc(NC(=O)OC(C)(C)C)n1)C(=O)OC(C)(C)C. The lowest BCUT2D eigenvalue weighted by atomic mass is 9.98. The standard InChI is InChI=1S/C23H32N8O7S/c1-12(19(34)36-22(2,3)4)38-30-16(14-9-39-20(27-14)29-21(35)37-23(5,6)7)18(33)28-15-13(26-17(15)32)8-31-11-24-10-25-31/h9-13,15H,8H2,1-7H3,(H,26,32)(H,28,33)(H,27,29,35)/b30-16-/t12?,13-,15+/m1/s1. The van der Waals surface area contributed by atoms with E-state index in [4.69, 9.17) is 14.3 Å². The van der Waals surface area contributed by atoms with Gasteiger partial charge in [0, 0.05) is 5.38 Å². The molecule has 0 aliphatic carbocycles. The van der Waals surface area contributed by atoms with Crippen LogP contribution in [0.5, 0.6) is 0 Å². The number of carbonyl (C=O) groups is 4. The van der Waals surface area contributed by atoms with E-state index in [1.54, 1.807) is 41.5 Å². The first kappa shape index (κ1) is 29.5. The lowest BCUT2D eigenvalue weighted by Crippen LogP contribution is -2.70. The number of aromatic nitrogens is 4. The molecule has 39 heavy (non-hydrogen) atoms. The molecule has 3 heterocycles. The number of esters is 1. The van der Waals surface area contributed by atoms with Crippen molar-refractivity contribution in [3.05, 3.63) is 23.7 Å². The number of oxime groups is 1. The average molecular weight is 565 g/mol. The second kappa shape index (κ2) is 11.8. The van der Waals surface area contributed by atoms with Crippen LogP contribution in [0.1, 0.15) is 54.2 Å². The molecule has 3 N–H and O–H groups in total. The first-order valence-electron chi connectivity index (χ1n) is 12.0. The lowest BCUT2D eigenvalue weighted by molar-refractivity contribution is -0.167. The number of thiazole rings is 1. The number of hydrogen-bond acceptors (Lipinski definition) is 12. The zero-order chi connectivity index (χ0) is 29.0. The molecular formula is C23H32N8O7S. The van der Waals surface area contributed by atoms with Crippen LogP contribution < -0.4 is 16.0 Å². The van der Waals surface area contributed by atoms with Crippen molar-refractivity contribution in [1.82, 2.24) is 30.4 Å². The summed E-state index contributed by atoms with van der Waals surface area (Å²) in [6, 6.07) is -1.35. The highest BCUT2D eigenvalue weighted by atomic mass is 32.1. The number of nitrogens with zero attached hydrogens (tertiary/aromatic N) is 5. The summed E-state index contributed by atoms with van der Waals surface area (Å²) in [6.45, 7) is 11.9. The van der Waals surface area contributed by atoms with Crippen LogP contribution in [0.4, 0.5) is 9.93 Å². The minimum absolute atomic E-state index is 0.0347. The summed E-state index contributed by atoms with van der Waals surface area (Å²) in [5.41, 5.74) is -1.77. The summed E-state index contributed by atoms with van der Waals surface area (Å²) in [4.78, 5) is 63.3. The van der Waals surface area contributed by atoms with Gasteiger partial charge in [-0.15, -0.1) is 11.3 Å². The topological polar surface area (TPSA) is 188 Å². The predicted molar refractivity (Wildman–Crippen MR) is 139 cm³/mol. The number of β-lactam (4-membered cyclic amide) rings is 1. The molecule has 3 amide bonds. The fraction of sp³-hybridized carbons (Fsp3) is 0.565. The molecule has 16 heteroatoms. The van der Waals surface area contributed by atoms with E-state index in [1.807, 2.05) is 0 Å². The third kappa shape index (κ3) is 8.73. The smallest absolute Gasteiger partial charge is 0.413 e. The Labute approximate surface area is 228 Å². The maximum Gasteiger partial charge on any atom is 0.413 e. The molecule has 15 nitrogen and oxygen atoms in total. The second-order valence-corrected chi connectivity index (χ2v) is 11.4. The third-order valence-corrected chi connectivity index (χ3v) is 5.52. The number of rotatable bonds is 9. The summed E-state index contributed by atoms with van der Waals surface area (Å²) in [5.74, 6) is -1.88. The number of nitrogens with one attached hydrogen (secondary N) is 3. The monoisotopic (exact) mass is 564 g/mol. The Morgan fingerprint density at radius 3 is 2.46 bits per heavy atom. The third-order valence-electron chi connectivity index (χ3n) is 4.76. The molecule has 0 spiro atoms. The van der Waals surface area contributed by atoms with Crippen LogP contribution in [-0.2, 0) is 35.2 Å². The van der Waals surface area contributed by atoms with Crippen molar-refractivity contribution < 1.29 is 33.5 Å². The molecule has 2 aromatic rings. The molecule has 1 aliphatic heterocycles. The van der Waals surface area contributed by atoms with Gasteiger partial charge in [0.15, 0.2) is 10.8 Å². The first-order chi connectivity index (χ1) is 18.1. The molecule has 3 atom stereocenters. The molecule has 3 rings (SSSR count). The summed E-state index contributed by atoms with van der Waals surface area (Å²) >= 11 is 1.01. The van der Waals surface area contributed by atoms with Crippen molar-refractivity contribution in [2.24, 2.45) is 5.16 Å². The highest BCUT2D eigenvalue weighted by Crippen LogP contribution is 2.19. The predicted octanol–water partition coefficient (Wildman–Crippen LogP) is 1.22. The van der Waals surface area contributed by atoms with Gasteiger partial charge in [-0.25, -0.2) is 19.6 Å². The summed E-state index contributed by atoms with van der Waals surface area (Å²) in [5, 5.41) is 17.3. The first-order valence-corrected chi connectivity index (χ1v) is 12.9. The Morgan fingerprint density at radius 1 is 1.18 bits per heavy atom. The number of ether oxygens (including phenoxy) is 2. The largest absolute Gasteiger partial charge is 0.457 e. The van der Waals surface area contributed by atoms with Gasteiger partial charge in [-0.05, 0) is 48.5 Å². The Morgan fingerprint density at radius 2 is 1.87 bits per heavy atom. The fourth-order valence-corrected chi connectivity index (χ4v) is 3.77. The molecule has 1 aliphatic rings. The quantitative estimate of drug-likeness (QED) is 0.173. The van der Waals surface area contributed by atoms with E-state index in [1.165, 1.54) is 29.6 Å². The van der Waals surface area contributed by atoms with E-state index >= 15 is 0 Å². The van der Waals surface area contributed by atoms with E-state index in [9.17, 15) is 19.2 Å². The van der Waals surface area contributed by atoms with Gasteiger partial charge in [-0.3, -0.25) is 19.6 Å². The van der Waals surface area contributed by atoms with Gasteiger partial charge in [-0.2, -0.15) is 5.10 Å². The fourth-order valence-electron chi connectivity index (χ4n) is 3.09. The van der Waals surface area contributed by atoms with Gasteiger partial charge in [0.25, 0.3) is 5.91 Å². The van der Waals surface area contributed by atoms with Crippen LogP contribution >= 0.6 is 11.3 Å². The molecule has 0 aromatic carbocycles. The molecule has 1 fully saturated rings.